The van der Waals surface area contributed by atoms with Crippen molar-refractivity contribution in [3.8, 4) is 11.1 Å². The summed E-state index contributed by atoms with van der Waals surface area (Å²) in [4.78, 5) is 13.4. The monoisotopic (exact) mass is 483 g/mol. The quantitative estimate of drug-likeness (QED) is 0.378. The maximum absolute atomic E-state index is 14.3. The smallest absolute Gasteiger partial charge is 0.396 e. The van der Waals surface area contributed by atoms with Crippen LogP contribution >= 0.6 is 0 Å². The molecule has 1 atom stereocenters. The predicted octanol–water partition coefficient (Wildman–Crippen LogP) is 5.92. The third-order valence-corrected chi connectivity index (χ3v) is 7.70. The first-order valence-electron chi connectivity index (χ1n) is 12.3. The van der Waals surface area contributed by atoms with Crippen LogP contribution in [0.15, 0.2) is 36.9 Å². The molecule has 2 aromatic heterocycles. The Kier molecular flexibility index (Phi) is 5.47. The van der Waals surface area contributed by atoms with Gasteiger partial charge in [-0.15, -0.1) is 0 Å². The molecule has 6 rings (SSSR count). The summed E-state index contributed by atoms with van der Waals surface area (Å²) < 4.78 is 45.1. The number of aliphatic hydroxyl groups is 1. The van der Waals surface area contributed by atoms with E-state index in [1.807, 2.05) is 24.5 Å². The molecule has 0 radical (unpaired) electrons. The van der Waals surface area contributed by atoms with Gasteiger partial charge in [0.2, 0.25) is 0 Å². The van der Waals surface area contributed by atoms with Crippen molar-refractivity contribution >= 4 is 27.8 Å². The second kappa shape index (κ2) is 8.55. The molecule has 2 fully saturated rings. The Morgan fingerprint density at radius 3 is 2.63 bits per heavy atom. The number of halogens is 3. The molecule has 35 heavy (non-hydrogen) atoms. The third-order valence-electron chi connectivity index (χ3n) is 7.70. The van der Waals surface area contributed by atoms with Crippen LogP contribution < -0.4 is 4.90 Å². The number of benzene rings is 2. The number of imidazole rings is 2. The number of fused-ring (bicyclic) bond motifs is 2. The molecule has 2 aromatic carbocycles. The molecule has 2 aliphatic rings. The molecule has 1 saturated carbocycles. The van der Waals surface area contributed by atoms with Crippen molar-refractivity contribution in [3.63, 3.8) is 0 Å². The first-order chi connectivity index (χ1) is 16.9. The second-order valence-electron chi connectivity index (χ2n) is 9.87. The zero-order valence-corrected chi connectivity index (χ0v) is 19.4. The van der Waals surface area contributed by atoms with Crippen molar-refractivity contribution < 1.29 is 18.3 Å². The van der Waals surface area contributed by atoms with Gasteiger partial charge in [0.15, 0.2) is 0 Å². The Hall–Kier alpha value is -3.07. The van der Waals surface area contributed by atoms with Crippen molar-refractivity contribution in [2.75, 3.05) is 24.6 Å². The molecular formula is C26H28F3N5O. The maximum Gasteiger partial charge on any atom is 0.420 e. The van der Waals surface area contributed by atoms with Gasteiger partial charge in [0, 0.05) is 37.2 Å². The number of alkyl halides is 3. The number of H-pyrrole nitrogens is 1. The van der Waals surface area contributed by atoms with Crippen LogP contribution in [0.4, 0.5) is 18.9 Å². The van der Waals surface area contributed by atoms with Crippen LogP contribution in [0.25, 0.3) is 33.2 Å². The van der Waals surface area contributed by atoms with Gasteiger partial charge in [-0.1, -0.05) is 25.3 Å². The fourth-order valence-electron chi connectivity index (χ4n) is 5.90. The number of aromatic amines is 1. The number of nitrogens with zero attached hydrogens (tertiary/aromatic N) is 4. The Labute approximate surface area is 200 Å². The van der Waals surface area contributed by atoms with Crippen LogP contribution in [0.3, 0.4) is 0 Å². The SMILES string of the molecule is OC[C@H]1CCN(c2cc(-c3ccc4c(c3)ncn4C3CCCCC3)c3nc[nH]c3c2C(F)(F)F)C1. The lowest BCUT2D eigenvalue weighted by molar-refractivity contribution is -0.135. The lowest BCUT2D eigenvalue weighted by Gasteiger charge is -2.25. The van der Waals surface area contributed by atoms with E-state index in [4.69, 9.17) is 0 Å². The molecule has 4 aromatic rings. The summed E-state index contributed by atoms with van der Waals surface area (Å²) in [6.45, 7) is 0.832. The third kappa shape index (κ3) is 3.86. The number of anilines is 1. The van der Waals surface area contributed by atoms with Crippen molar-refractivity contribution in [1.82, 2.24) is 19.5 Å². The molecule has 0 bridgehead atoms. The fourth-order valence-corrected chi connectivity index (χ4v) is 5.90. The van der Waals surface area contributed by atoms with Crippen LogP contribution in [-0.2, 0) is 6.18 Å². The lowest BCUT2D eigenvalue weighted by atomic mass is 9.95. The molecule has 1 saturated heterocycles. The van der Waals surface area contributed by atoms with Gasteiger partial charge in [0.1, 0.15) is 5.56 Å². The topological polar surface area (TPSA) is 70.0 Å². The van der Waals surface area contributed by atoms with Crippen molar-refractivity contribution in [2.24, 2.45) is 5.92 Å². The van der Waals surface area contributed by atoms with E-state index in [-0.39, 0.29) is 23.7 Å². The van der Waals surface area contributed by atoms with E-state index in [9.17, 15) is 18.3 Å². The van der Waals surface area contributed by atoms with Crippen LogP contribution in [0.5, 0.6) is 0 Å². The normalized spacial score (nSPS) is 19.9. The summed E-state index contributed by atoms with van der Waals surface area (Å²) in [5.41, 5.74) is 3.04. The van der Waals surface area contributed by atoms with E-state index in [0.717, 1.165) is 29.4 Å². The molecular weight excluding hydrogens is 455 g/mol. The zero-order valence-electron chi connectivity index (χ0n) is 19.4. The average Bonchev–Trinajstić information content (AvgIpc) is 3.61. The molecule has 0 amide bonds. The molecule has 2 N–H and O–H groups in total. The summed E-state index contributed by atoms with van der Waals surface area (Å²) in [7, 11) is 0. The standard InChI is InChI=1S/C26H28F3N5O/c27-26(28,29)23-22(33-9-8-16(12-33)13-35)11-19(24-25(23)31-14-30-24)17-6-7-21-20(10-17)32-15-34(21)18-4-2-1-3-5-18/h6-7,10-11,14-16,18,35H,1-5,8-9,12-13H2,(H,30,31)/t16-/m0/s1. The molecule has 1 aliphatic carbocycles. The minimum Gasteiger partial charge on any atom is -0.396 e. The molecule has 9 heteroatoms. The Balaban J connectivity index is 1.48. The van der Waals surface area contributed by atoms with Gasteiger partial charge in [0.25, 0.3) is 0 Å². The number of aromatic nitrogens is 4. The number of hydrogen-bond acceptors (Lipinski definition) is 4. The molecule has 1 aliphatic heterocycles. The summed E-state index contributed by atoms with van der Waals surface area (Å²) >= 11 is 0. The van der Waals surface area contributed by atoms with E-state index in [0.29, 0.717) is 36.6 Å². The first-order valence-corrected chi connectivity index (χ1v) is 12.3. The van der Waals surface area contributed by atoms with E-state index < -0.39 is 11.7 Å². The fraction of sp³-hybridized carbons (Fsp3) is 0.462. The van der Waals surface area contributed by atoms with Gasteiger partial charge < -0.3 is 19.6 Å². The minimum absolute atomic E-state index is 0.00900. The Morgan fingerprint density at radius 2 is 1.89 bits per heavy atom. The highest BCUT2D eigenvalue weighted by Gasteiger charge is 2.40. The summed E-state index contributed by atoms with van der Waals surface area (Å²) in [5, 5.41) is 9.55. The molecule has 0 unspecified atom stereocenters. The minimum atomic E-state index is -4.54. The Morgan fingerprint density at radius 1 is 1.06 bits per heavy atom. The highest BCUT2D eigenvalue weighted by molar-refractivity contribution is 5.99. The number of rotatable bonds is 4. The molecule has 184 valence electrons. The van der Waals surface area contributed by atoms with E-state index in [1.165, 1.54) is 25.6 Å². The zero-order chi connectivity index (χ0) is 24.2. The van der Waals surface area contributed by atoms with Gasteiger partial charge in [0.05, 0.1) is 40.4 Å². The summed E-state index contributed by atoms with van der Waals surface area (Å²) in [6.07, 6.45) is 5.35. The van der Waals surface area contributed by atoms with Crippen LogP contribution in [0.1, 0.15) is 50.1 Å². The van der Waals surface area contributed by atoms with Crippen LogP contribution in [0, 0.1) is 5.92 Å². The first kappa shape index (κ1) is 22.4. The number of nitrogens with one attached hydrogen (secondary N) is 1. The van der Waals surface area contributed by atoms with Crippen molar-refractivity contribution in [1.29, 1.82) is 0 Å². The highest BCUT2D eigenvalue weighted by atomic mass is 19.4. The average molecular weight is 484 g/mol. The molecule has 0 spiro atoms. The second-order valence-corrected chi connectivity index (χ2v) is 9.87. The maximum atomic E-state index is 14.3. The van der Waals surface area contributed by atoms with Gasteiger partial charge in [-0.3, -0.25) is 0 Å². The van der Waals surface area contributed by atoms with E-state index in [1.54, 1.807) is 11.0 Å². The van der Waals surface area contributed by atoms with Crippen LogP contribution in [-0.4, -0.2) is 44.3 Å². The molecule has 6 nitrogen and oxygen atoms in total. The summed E-state index contributed by atoms with van der Waals surface area (Å²) in [5.74, 6) is -0.0305. The van der Waals surface area contributed by atoms with Crippen LogP contribution in [0.2, 0.25) is 0 Å². The Bertz CT molecular complexity index is 1370. The van der Waals surface area contributed by atoms with Crippen molar-refractivity contribution in [3.05, 3.63) is 42.5 Å². The largest absolute Gasteiger partial charge is 0.420 e. The van der Waals surface area contributed by atoms with E-state index >= 15 is 0 Å². The highest BCUT2D eigenvalue weighted by Crippen LogP contribution is 2.45. The van der Waals surface area contributed by atoms with Crippen molar-refractivity contribution in [2.45, 2.75) is 50.7 Å². The number of hydrogen-bond donors (Lipinski definition) is 2. The lowest BCUT2D eigenvalue weighted by Crippen LogP contribution is -2.24. The summed E-state index contributed by atoms with van der Waals surface area (Å²) in [6, 6.07) is 8.01. The number of aliphatic hydroxyl groups excluding tert-OH is 1. The molecule has 3 heterocycles. The van der Waals surface area contributed by atoms with Gasteiger partial charge >= 0.3 is 6.18 Å². The van der Waals surface area contributed by atoms with Gasteiger partial charge in [-0.25, -0.2) is 9.97 Å². The van der Waals surface area contributed by atoms with Gasteiger partial charge in [-0.05, 0) is 43.0 Å². The predicted molar refractivity (Wildman–Crippen MR) is 129 cm³/mol. The van der Waals surface area contributed by atoms with E-state index in [2.05, 4.69) is 19.5 Å². The van der Waals surface area contributed by atoms with Gasteiger partial charge in [-0.2, -0.15) is 13.2 Å².